The lowest BCUT2D eigenvalue weighted by atomic mass is 10.4. The monoisotopic (exact) mass is 345 g/mol. The quantitative estimate of drug-likeness (QED) is 0.328. The van der Waals surface area contributed by atoms with Crippen LogP contribution in [0.15, 0.2) is 26.5 Å². The second-order valence-electron chi connectivity index (χ2n) is 4.79. The molecule has 0 aliphatic heterocycles. The minimum Gasteiger partial charge on any atom is -0.435 e. The first-order valence-corrected chi connectivity index (χ1v) is 6.95. The van der Waals surface area contributed by atoms with Crippen LogP contribution in [0.2, 0.25) is 0 Å². The molecule has 1 aromatic rings. The Balaban J connectivity index is 3.63. The number of nitrogens with zero attached hydrogens (tertiary/aromatic N) is 3. The topological polar surface area (TPSA) is 153 Å². The largest absolute Gasteiger partial charge is 0.435 e. The summed E-state index contributed by atoms with van der Waals surface area (Å²) in [6, 6.07) is 0. The zero-order valence-corrected chi connectivity index (χ0v) is 13.0. The minimum absolute atomic E-state index is 0.0270. The predicted molar refractivity (Wildman–Crippen MR) is 80.4 cm³/mol. The lowest BCUT2D eigenvalue weighted by Gasteiger charge is -2.19. The predicted octanol–water partition coefficient (Wildman–Crippen LogP) is -3.23. The van der Waals surface area contributed by atoms with Gasteiger partial charge in [0, 0.05) is 5.57 Å². The fourth-order valence-corrected chi connectivity index (χ4v) is 1.88. The number of aliphatic hydroxyl groups is 3. The van der Waals surface area contributed by atoms with Crippen LogP contribution in [0, 0.1) is 0 Å². The highest BCUT2D eigenvalue weighted by molar-refractivity contribution is 5.86. The minimum atomic E-state index is -1.69. The maximum Gasteiger partial charge on any atom is 0.339 e. The van der Waals surface area contributed by atoms with E-state index in [1.165, 1.54) is 6.92 Å². The van der Waals surface area contributed by atoms with Gasteiger partial charge in [0.2, 0.25) is 6.23 Å². The van der Waals surface area contributed by atoms with Crippen LogP contribution < -0.4 is 17.1 Å². The standard InChI is InChI=1S/C13H19N3O8/c1-8(2)10(20)24-9(7-19)16-12(22)14(3-5-17)11(21)15(4-6-18)13(16)23/h9,17-19H,1,3-7H2,2H3. The van der Waals surface area contributed by atoms with Gasteiger partial charge in [-0.2, -0.15) is 0 Å². The molecule has 134 valence electrons. The Morgan fingerprint density at radius 2 is 1.50 bits per heavy atom. The van der Waals surface area contributed by atoms with Gasteiger partial charge >= 0.3 is 23.0 Å². The Kier molecular flexibility index (Phi) is 6.82. The zero-order chi connectivity index (χ0) is 18.4. The van der Waals surface area contributed by atoms with E-state index in [1.54, 1.807) is 0 Å². The SMILES string of the molecule is C=C(C)C(=O)OC(CO)n1c(=O)n(CCO)c(=O)n(CCO)c1=O. The van der Waals surface area contributed by atoms with Gasteiger partial charge in [0.25, 0.3) is 0 Å². The zero-order valence-electron chi connectivity index (χ0n) is 13.0. The van der Waals surface area contributed by atoms with Crippen LogP contribution in [0.4, 0.5) is 0 Å². The Labute approximate surface area is 135 Å². The number of aliphatic hydroxyl groups excluding tert-OH is 3. The van der Waals surface area contributed by atoms with E-state index in [0.29, 0.717) is 13.7 Å². The second-order valence-corrected chi connectivity index (χ2v) is 4.79. The van der Waals surface area contributed by atoms with E-state index in [9.17, 15) is 24.3 Å². The van der Waals surface area contributed by atoms with E-state index in [-0.39, 0.29) is 5.57 Å². The van der Waals surface area contributed by atoms with Crippen LogP contribution in [0.25, 0.3) is 0 Å². The van der Waals surface area contributed by atoms with Gasteiger partial charge in [-0.25, -0.2) is 32.9 Å². The van der Waals surface area contributed by atoms with E-state index >= 15 is 0 Å². The Bertz CT molecular complexity index is 744. The van der Waals surface area contributed by atoms with Crippen LogP contribution in [0.1, 0.15) is 13.2 Å². The molecule has 1 rings (SSSR count). The maximum absolute atomic E-state index is 12.3. The molecule has 1 aromatic heterocycles. The van der Waals surface area contributed by atoms with Gasteiger partial charge in [-0.05, 0) is 6.92 Å². The number of carbonyl (C=O) groups excluding carboxylic acids is 1. The molecule has 1 unspecified atom stereocenters. The lowest BCUT2D eigenvalue weighted by Crippen LogP contribution is -2.57. The van der Waals surface area contributed by atoms with Crippen LogP contribution in [0.3, 0.4) is 0 Å². The molecule has 0 aliphatic rings. The summed E-state index contributed by atoms with van der Waals surface area (Å²) in [5, 5.41) is 27.3. The molecule has 11 heteroatoms. The van der Waals surface area contributed by atoms with Crippen molar-refractivity contribution in [3.63, 3.8) is 0 Å². The van der Waals surface area contributed by atoms with Crippen LogP contribution in [0.5, 0.6) is 0 Å². The Morgan fingerprint density at radius 1 is 1.04 bits per heavy atom. The number of hydrogen-bond donors (Lipinski definition) is 3. The molecule has 0 amide bonds. The van der Waals surface area contributed by atoms with Crippen molar-refractivity contribution in [2.24, 2.45) is 0 Å². The molecule has 0 saturated carbocycles. The molecule has 0 aromatic carbocycles. The summed E-state index contributed by atoms with van der Waals surface area (Å²) in [5.41, 5.74) is -3.39. The fourth-order valence-electron chi connectivity index (χ4n) is 1.88. The summed E-state index contributed by atoms with van der Waals surface area (Å²) >= 11 is 0. The molecule has 0 fully saturated rings. The van der Waals surface area contributed by atoms with Crippen molar-refractivity contribution < 1.29 is 24.9 Å². The summed E-state index contributed by atoms with van der Waals surface area (Å²) in [6.07, 6.45) is -1.69. The third-order valence-corrected chi connectivity index (χ3v) is 3.02. The normalized spacial score (nSPS) is 12.0. The van der Waals surface area contributed by atoms with E-state index < -0.39 is 62.2 Å². The highest BCUT2D eigenvalue weighted by Gasteiger charge is 2.24. The van der Waals surface area contributed by atoms with Crippen molar-refractivity contribution in [3.05, 3.63) is 43.6 Å². The Morgan fingerprint density at radius 3 is 1.83 bits per heavy atom. The molecule has 0 radical (unpaired) electrons. The molecule has 1 heterocycles. The third kappa shape index (κ3) is 3.88. The highest BCUT2D eigenvalue weighted by atomic mass is 16.6. The molecule has 24 heavy (non-hydrogen) atoms. The number of aromatic nitrogens is 3. The van der Waals surface area contributed by atoms with Crippen molar-refractivity contribution in [2.45, 2.75) is 26.2 Å². The third-order valence-electron chi connectivity index (χ3n) is 3.02. The lowest BCUT2D eigenvalue weighted by molar-refractivity contribution is -0.152. The van der Waals surface area contributed by atoms with Gasteiger partial charge in [-0.15, -0.1) is 0 Å². The molecular weight excluding hydrogens is 326 g/mol. The van der Waals surface area contributed by atoms with Crippen molar-refractivity contribution in [1.29, 1.82) is 0 Å². The van der Waals surface area contributed by atoms with Crippen molar-refractivity contribution in [3.8, 4) is 0 Å². The van der Waals surface area contributed by atoms with E-state index in [0.717, 1.165) is 0 Å². The van der Waals surface area contributed by atoms with E-state index in [2.05, 4.69) is 6.58 Å². The van der Waals surface area contributed by atoms with Gasteiger partial charge in [0.1, 0.15) is 6.61 Å². The summed E-state index contributed by atoms with van der Waals surface area (Å²) in [5.74, 6) is -0.950. The molecule has 0 saturated heterocycles. The number of carbonyl (C=O) groups is 1. The number of rotatable bonds is 8. The second kappa shape index (κ2) is 8.38. The van der Waals surface area contributed by atoms with E-state index in [1.807, 2.05) is 0 Å². The van der Waals surface area contributed by atoms with Crippen molar-refractivity contribution in [1.82, 2.24) is 13.7 Å². The van der Waals surface area contributed by atoms with Gasteiger partial charge in [-0.3, -0.25) is 0 Å². The molecule has 0 aliphatic carbocycles. The maximum atomic E-state index is 12.3. The number of hydrogen-bond acceptors (Lipinski definition) is 8. The van der Waals surface area contributed by atoms with Crippen LogP contribution in [-0.4, -0.2) is 54.8 Å². The molecular formula is C13H19N3O8. The van der Waals surface area contributed by atoms with Gasteiger partial charge in [0.05, 0.1) is 26.3 Å². The van der Waals surface area contributed by atoms with Gasteiger partial charge in [-0.1, -0.05) is 6.58 Å². The first-order valence-electron chi connectivity index (χ1n) is 6.95. The van der Waals surface area contributed by atoms with Crippen LogP contribution >= 0.6 is 0 Å². The van der Waals surface area contributed by atoms with Crippen molar-refractivity contribution >= 4 is 5.97 Å². The van der Waals surface area contributed by atoms with Crippen molar-refractivity contribution in [2.75, 3.05) is 19.8 Å². The highest BCUT2D eigenvalue weighted by Crippen LogP contribution is 2.05. The molecule has 0 bridgehead atoms. The molecule has 11 nitrogen and oxygen atoms in total. The Hall–Kier alpha value is -2.50. The molecule has 0 spiro atoms. The first kappa shape index (κ1) is 19.5. The molecule has 3 N–H and O–H groups in total. The number of esters is 1. The average molecular weight is 345 g/mol. The first-order chi connectivity index (χ1) is 11.3. The van der Waals surface area contributed by atoms with E-state index in [4.69, 9.17) is 14.9 Å². The average Bonchev–Trinajstić information content (AvgIpc) is 2.54. The smallest absolute Gasteiger partial charge is 0.339 e. The van der Waals surface area contributed by atoms with Crippen LogP contribution in [-0.2, 0) is 22.6 Å². The summed E-state index contributed by atoms with van der Waals surface area (Å²) < 4.78 is 6.28. The van der Waals surface area contributed by atoms with Gasteiger partial charge < -0.3 is 20.1 Å². The summed E-state index contributed by atoms with van der Waals surface area (Å²) in [6.45, 7) is 1.78. The fraction of sp³-hybridized carbons (Fsp3) is 0.538. The summed E-state index contributed by atoms with van der Waals surface area (Å²) in [4.78, 5) is 48.3. The summed E-state index contributed by atoms with van der Waals surface area (Å²) in [7, 11) is 0. The van der Waals surface area contributed by atoms with Gasteiger partial charge in [0.15, 0.2) is 0 Å². The molecule has 1 atom stereocenters. The number of ether oxygens (including phenoxy) is 1.